The van der Waals surface area contributed by atoms with Crippen LogP contribution in [0.3, 0.4) is 0 Å². The van der Waals surface area contributed by atoms with Gasteiger partial charge >= 0.3 is 0 Å². The minimum absolute atomic E-state index is 0.114. The van der Waals surface area contributed by atoms with E-state index in [9.17, 15) is 17.6 Å². The Morgan fingerprint density at radius 2 is 1.90 bits per heavy atom. The Balaban J connectivity index is 1.63. The lowest BCUT2D eigenvalue weighted by Gasteiger charge is -2.32. The van der Waals surface area contributed by atoms with Crippen molar-refractivity contribution in [3.8, 4) is 0 Å². The van der Waals surface area contributed by atoms with Gasteiger partial charge in [0.2, 0.25) is 15.9 Å². The molecule has 8 heteroatoms. The van der Waals surface area contributed by atoms with E-state index in [1.165, 1.54) is 29.4 Å². The second-order valence-corrected chi connectivity index (χ2v) is 9.66. The number of halogens is 1. The number of nitrogens with zero attached hydrogens (tertiary/aromatic N) is 2. The first kappa shape index (κ1) is 23.1. The maximum atomic E-state index is 14.3. The number of nitrogens with one attached hydrogen (secondary N) is 1. The monoisotopic (exact) mass is 447 g/mol. The molecule has 2 aromatic rings. The summed E-state index contributed by atoms with van der Waals surface area (Å²) in [6.07, 6.45) is 4.14. The quantitative estimate of drug-likeness (QED) is 0.599. The van der Waals surface area contributed by atoms with E-state index in [2.05, 4.69) is 28.4 Å². The number of benzene rings is 2. The lowest BCUT2D eigenvalue weighted by molar-refractivity contribution is -0.122. The zero-order chi connectivity index (χ0) is 22.4. The van der Waals surface area contributed by atoms with E-state index < -0.39 is 27.8 Å². The van der Waals surface area contributed by atoms with Gasteiger partial charge in [0.25, 0.3) is 0 Å². The molecular formula is C23H30FN3O3S. The zero-order valence-corrected chi connectivity index (χ0v) is 18.9. The maximum absolute atomic E-state index is 14.3. The molecule has 1 atom stereocenters. The number of sulfonamides is 1. The number of amides is 1. The molecule has 6 nitrogen and oxygen atoms in total. The SMILES string of the molecule is CC[C@H](C(=O)NCCCN1CCCc2ccccc21)N(c1ccccc1F)S(C)(=O)=O. The van der Waals surface area contributed by atoms with Crippen molar-refractivity contribution in [2.45, 2.75) is 38.6 Å². The van der Waals surface area contributed by atoms with E-state index in [0.29, 0.717) is 6.54 Å². The van der Waals surface area contributed by atoms with Crippen molar-refractivity contribution in [1.29, 1.82) is 0 Å². The van der Waals surface area contributed by atoms with E-state index in [1.807, 2.05) is 6.07 Å². The van der Waals surface area contributed by atoms with Crippen LogP contribution in [0.1, 0.15) is 31.7 Å². The van der Waals surface area contributed by atoms with E-state index in [4.69, 9.17) is 0 Å². The summed E-state index contributed by atoms with van der Waals surface area (Å²) in [5.41, 5.74) is 2.48. The molecule has 0 saturated carbocycles. The molecule has 168 valence electrons. The van der Waals surface area contributed by atoms with E-state index in [0.717, 1.165) is 42.9 Å². The molecule has 2 aromatic carbocycles. The highest BCUT2D eigenvalue weighted by Crippen LogP contribution is 2.27. The molecule has 1 heterocycles. The number of anilines is 2. The van der Waals surface area contributed by atoms with Crippen LogP contribution in [0.5, 0.6) is 0 Å². The molecule has 0 saturated heterocycles. The molecule has 0 spiro atoms. The van der Waals surface area contributed by atoms with Crippen LogP contribution in [0, 0.1) is 5.82 Å². The molecule has 0 bridgehead atoms. The van der Waals surface area contributed by atoms with Crippen LogP contribution < -0.4 is 14.5 Å². The van der Waals surface area contributed by atoms with Gasteiger partial charge in [-0.3, -0.25) is 9.10 Å². The van der Waals surface area contributed by atoms with Crippen molar-refractivity contribution >= 4 is 27.3 Å². The van der Waals surface area contributed by atoms with Crippen LogP contribution >= 0.6 is 0 Å². The van der Waals surface area contributed by atoms with Crippen LogP contribution in [0.2, 0.25) is 0 Å². The number of rotatable bonds is 9. The summed E-state index contributed by atoms with van der Waals surface area (Å²) in [7, 11) is -3.85. The third-order valence-corrected chi connectivity index (χ3v) is 6.70. The summed E-state index contributed by atoms with van der Waals surface area (Å²) in [4.78, 5) is 15.2. The average Bonchev–Trinajstić information content (AvgIpc) is 2.75. The molecule has 1 amide bonds. The first-order chi connectivity index (χ1) is 14.8. The Kier molecular flexibility index (Phi) is 7.54. The van der Waals surface area contributed by atoms with Gasteiger partial charge in [0.15, 0.2) is 0 Å². The van der Waals surface area contributed by atoms with E-state index >= 15 is 0 Å². The second kappa shape index (κ2) is 10.1. The maximum Gasteiger partial charge on any atom is 0.243 e. The Labute approximate surface area is 184 Å². The largest absolute Gasteiger partial charge is 0.371 e. The van der Waals surface area contributed by atoms with Crippen molar-refractivity contribution in [3.63, 3.8) is 0 Å². The van der Waals surface area contributed by atoms with Crippen LogP contribution in [-0.4, -0.2) is 46.3 Å². The summed E-state index contributed by atoms with van der Waals surface area (Å²) in [6, 6.07) is 13.0. The lowest BCUT2D eigenvalue weighted by atomic mass is 10.0. The molecular weight excluding hydrogens is 417 g/mol. The van der Waals surface area contributed by atoms with Crippen molar-refractivity contribution in [2.24, 2.45) is 0 Å². The van der Waals surface area contributed by atoms with Crippen molar-refractivity contribution < 1.29 is 17.6 Å². The summed E-state index contributed by atoms with van der Waals surface area (Å²) in [5.74, 6) is -1.10. The number of hydrogen-bond donors (Lipinski definition) is 1. The molecule has 0 unspecified atom stereocenters. The lowest BCUT2D eigenvalue weighted by Crippen LogP contribution is -2.50. The number of carbonyl (C=O) groups excluding carboxylic acids is 1. The Morgan fingerprint density at radius 1 is 1.19 bits per heavy atom. The Morgan fingerprint density at radius 3 is 2.61 bits per heavy atom. The summed E-state index contributed by atoms with van der Waals surface area (Å²) in [6.45, 7) is 3.92. The van der Waals surface area contributed by atoms with Crippen molar-refractivity contribution in [2.75, 3.05) is 35.1 Å². The fourth-order valence-corrected chi connectivity index (χ4v) is 5.32. The number of carbonyl (C=O) groups is 1. The first-order valence-corrected chi connectivity index (χ1v) is 12.5. The number of hydrogen-bond acceptors (Lipinski definition) is 4. The fourth-order valence-electron chi connectivity index (χ4n) is 4.11. The molecule has 1 aliphatic rings. The minimum atomic E-state index is -3.85. The van der Waals surface area contributed by atoms with Gasteiger partial charge in [0.1, 0.15) is 11.9 Å². The predicted molar refractivity (Wildman–Crippen MR) is 122 cm³/mol. The standard InChI is InChI=1S/C23H30FN3O3S/c1-3-20(27(31(2,29)30)22-14-7-5-12-19(22)24)23(28)25-15-9-17-26-16-8-11-18-10-4-6-13-21(18)26/h4-7,10,12-14,20H,3,8-9,11,15-17H2,1-2H3,(H,25,28)/t20-/m1/s1. The normalized spacial score (nSPS) is 14.6. The van der Waals surface area contributed by atoms with Crippen molar-refractivity contribution in [3.05, 3.63) is 59.9 Å². The van der Waals surface area contributed by atoms with Crippen LogP contribution in [0.25, 0.3) is 0 Å². The van der Waals surface area contributed by atoms with E-state index in [1.54, 1.807) is 13.0 Å². The first-order valence-electron chi connectivity index (χ1n) is 10.7. The van der Waals surface area contributed by atoms with Gasteiger partial charge in [-0.15, -0.1) is 0 Å². The van der Waals surface area contributed by atoms with Gasteiger partial charge in [-0.1, -0.05) is 37.3 Å². The Bertz CT molecular complexity index is 1010. The van der Waals surface area contributed by atoms with Crippen LogP contribution in [0.4, 0.5) is 15.8 Å². The fraction of sp³-hybridized carbons (Fsp3) is 0.435. The molecule has 0 aliphatic carbocycles. The zero-order valence-electron chi connectivity index (χ0n) is 18.1. The predicted octanol–water partition coefficient (Wildman–Crippen LogP) is 3.33. The van der Waals surface area contributed by atoms with Gasteiger partial charge in [0, 0.05) is 25.3 Å². The molecule has 1 N–H and O–H groups in total. The molecule has 0 fully saturated rings. The van der Waals surface area contributed by atoms with Gasteiger partial charge in [0.05, 0.1) is 11.9 Å². The molecule has 31 heavy (non-hydrogen) atoms. The second-order valence-electron chi connectivity index (χ2n) is 7.80. The molecule has 3 rings (SSSR count). The van der Waals surface area contributed by atoms with Crippen LogP contribution in [0.15, 0.2) is 48.5 Å². The third-order valence-electron chi connectivity index (χ3n) is 5.53. The van der Waals surface area contributed by atoms with Gasteiger partial charge < -0.3 is 10.2 Å². The highest BCUT2D eigenvalue weighted by molar-refractivity contribution is 7.92. The smallest absolute Gasteiger partial charge is 0.243 e. The highest BCUT2D eigenvalue weighted by Gasteiger charge is 2.32. The van der Waals surface area contributed by atoms with Crippen molar-refractivity contribution in [1.82, 2.24) is 5.32 Å². The topological polar surface area (TPSA) is 69.7 Å². The number of para-hydroxylation sites is 2. The number of fused-ring (bicyclic) bond motifs is 1. The van der Waals surface area contributed by atoms with E-state index in [-0.39, 0.29) is 12.1 Å². The van der Waals surface area contributed by atoms with Crippen LogP contribution in [-0.2, 0) is 21.2 Å². The summed E-state index contributed by atoms with van der Waals surface area (Å²) >= 11 is 0. The average molecular weight is 448 g/mol. The molecule has 0 radical (unpaired) electrons. The molecule has 1 aliphatic heterocycles. The summed E-state index contributed by atoms with van der Waals surface area (Å²) < 4.78 is 40.0. The minimum Gasteiger partial charge on any atom is -0.371 e. The van der Waals surface area contributed by atoms with Gasteiger partial charge in [-0.25, -0.2) is 12.8 Å². The van der Waals surface area contributed by atoms with Gasteiger partial charge in [-0.2, -0.15) is 0 Å². The third kappa shape index (κ3) is 5.55. The highest BCUT2D eigenvalue weighted by atomic mass is 32.2. The van der Waals surface area contributed by atoms with Gasteiger partial charge in [-0.05, 0) is 49.4 Å². The molecule has 0 aromatic heterocycles. The summed E-state index contributed by atoms with van der Waals surface area (Å²) in [5, 5.41) is 2.84. The Hall–Kier alpha value is -2.61. The number of aryl methyl sites for hydroxylation is 1.